The molecular formula is C18H18FNO4S. The maximum absolute atomic E-state index is 13.5. The number of amides is 1. The van der Waals surface area contributed by atoms with Gasteiger partial charge in [0.25, 0.3) is 5.91 Å². The fourth-order valence-corrected chi connectivity index (χ4v) is 2.50. The Bertz CT molecular complexity index is 820. The first kappa shape index (κ1) is 18.8. The van der Waals surface area contributed by atoms with E-state index >= 15 is 0 Å². The van der Waals surface area contributed by atoms with Crippen molar-refractivity contribution in [2.45, 2.75) is 24.8 Å². The number of aryl methyl sites for hydroxylation is 1. The Hall–Kier alpha value is -2.54. The Morgan fingerprint density at radius 1 is 1.16 bits per heavy atom. The zero-order chi connectivity index (χ0) is 18.6. The number of carbonyl (C=O) groups is 2. The third kappa shape index (κ3) is 4.96. The molecule has 0 spiro atoms. The molecule has 0 bridgehead atoms. The molecule has 0 aromatic heterocycles. The van der Waals surface area contributed by atoms with Crippen molar-refractivity contribution in [3.63, 3.8) is 0 Å². The van der Waals surface area contributed by atoms with Gasteiger partial charge in [0.15, 0.2) is 6.10 Å². The number of hydrogen-bond donors (Lipinski definition) is 1. The van der Waals surface area contributed by atoms with Gasteiger partial charge >= 0.3 is 5.97 Å². The molecule has 0 saturated heterocycles. The van der Waals surface area contributed by atoms with Crippen LogP contribution in [0.2, 0.25) is 0 Å². The highest BCUT2D eigenvalue weighted by Gasteiger charge is 2.19. The molecule has 5 nitrogen and oxygen atoms in total. The molecule has 2 atom stereocenters. The van der Waals surface area contributed by atoms with Gasteiger partial charge in [0.05, 0.1) is 5.56 Å². The number of halogens is 1. The van der Waals surface area contributed by atoms with E-state index < -0.39 is 34.6 Å². The summed E-state index contributed by atoms with van der Waals surface area (Å²) in [6.45, 7) is 3.04. The fourth-order valence-electron chi connectivity index (χ4n) is 1.98. The molecule has 25 heavy (non-hydrogen) atoms. The standard InChI is InChI=1S/C18H18FNO4S/c1-11-4-7-14(10-16(11)19)20-17(21)12(2)24-18(22)13-5-8-15(9-6-13)25(3)23/h4-10,12H,1-3H3,(H,20,21). The lowest BCUT2D eigenvalue weighted by molar-refractivity contribution is -0.123. The molecule has 0 heterocycles. The second kappa shape index (κ2) is 8.02. The summed E-state index contributed by atoms with van der Waals surface area (Å²) in [5.74, 6) is -1.68. The van der Waals surface area contributed by atoms with Crippen molar-refractivity contribution in [1.82, 2.24) is 0 Å². The van der Waals surface area contributed by atoms with Gasteiger partial charge in [-0.3, -0.25) is 9.00 Å². The summed E-state index contributed by atoms with van der Waals surface area (Å²) in [6.07, 6.45) is 0.477. The van der Waals surface area contributed by atoms with E-state index in [1.54, 1.807) is 31.2 Å². The van der Waals surface area contributed by atoms with Crippen LogP contribution >= 0.6 is 0 Å². The van der Waals surface area contributed by atoms with E-state index in [-0.39, 0.29) is 11.3 Å². The van der Waals surface area contributed by atoms with Crippen LogP contribution in [-0.2, 0) is 20.3 Å². The van der Waals surface area contributed by atoms with Crippen molar-refractivity contribution in [3.05, 3.63) is 59.4 Å². The second-order valence-corrected chi connectivity index (χ2v) is 6.86. The topological polar surface area (TPSA) is 72.5 Å². The molecule has 2 aromatic rings. The number of hydrogen-bond acceptors (Lipinski definition) is 4. The summed E-state index contributed by atoms with van der Waals surface area (Å²) in [5.41, 5.74) is 0.995. The summed E-state index contributed by atoms with van der Waals surface area (Å²) in [7, 11) is -1.14. The predicted molar refractivity (Wildman–Crippen MR) is 93.4 cm³/mol. The quantitative estimate of drug-likeness (QED) is 0.829. The zero-order valence-corrected chi connectivity index (χ0v) is 14.9. The summed E-state index contributed by atoms with van der Waals surface area (Å²) >= 11 is 0. The number of ether oxygens (including phenoxy) is 1. The van der Waals surface area contributed by atoms with Gasteiger partial charge < -0.3 is 10.1 Å². The summed E-state index contributed by atoms with van der Waals surface area (Å²) in [5, 5.41) is 2.49. The van der Waals surface area contributed by atoms with Crippen molar-refractivity contribution in [1.29, 1.82) is 0 Å². The van der Waals surface area contributed by atoms with E-state index in [4.69, 9.17) is 4.74 Å². The van der Waals surface area contributed by atoms with Crippen LogP contribution in [-0.4, -0.2) is 28.4 Å². The Kier molecular flexibility index (Phi) is 6.03. The van der Waals surface area contributed by atoms with Gasteiger partial charge in [-0.05, 0) is 55.8 Å². The lowest BCUT2D eigenvalue weighted by Crippen LogP contribution is -2.30. The van der Waals surface area contributed by atoms with Crippen LogP contribution in [0.1, 0.15) is 22.8 Å². The number of nitrogens with one attached hydrogen (secondary N) is 1. The van der Waals surface area contributed by atoms with E-state index in [2.05, 4.69) is 5.32 Å². The van der Waals surface area contributed by atoms with Crippen LogP contribution in [0.3, 0.4) is 0 Å². The van der Waals surface area contributed by atoms with Gasteiger partial charge in [0.1, 0.15) is 5.82 Å². The van der Waals surface area contributed by atoms with Gasteiger partial charge in [0.2, 0.25) is 0 Å². The predicted octanol–water partition coefficient (Wildman–Crippen LogP) is 3.06. The van der Waals surface area contributed by atoms with Crippen LogP contribution in [0.15, 0.2) is 47.4 Å². The molecule has 0 radical (unpaired) electrons. The van der Waals surface area contributed by atoms with Gasteiger partial charge in [-0.1, -0.05) is 6.07 Å². The molecule has 0 saturated carbocycles. The van der Waals surface area contributed by atoms with Crippen LogP contribution < -0.4 is 5.32 Å². The lowest BCUT2D eigenvalue weighted by Gasteiger charge is -2.14. The normalized spacial score (nSPS) is 13.0. The molecule has 0 aliphatic heterocycles. The molecule has 1 N–H and O–H groups in total. The molecule has 0 fully saturated rings. The van der Waals surface area contributed by atoms with E-state index in [0.717, 1.165) is 0 Å². The average molecular weight is 363 g/mol. The third-order valence-corrected chi connectivity index (χ3v) is 4.45. The van der Waals surface area contributed by atoms with Crippen molar-refractivity contribution in [3.8, 4) is 0 Å². The SMILES string of the molecule is Cc1ccc(NC(=O)C(C)OC(=O)c2ccc(S(C)=O)cc2)cc1F. The molecule has 0 aliphatic rings. The Morgan fingerprint density at radius 2 is 1.80 bits per heavy atom. The van der Waals surface area contributed by atoms with Crippen LogP contribution in [0.25, 0.3) is 0 Å². The number of rotatable bonds is 5. The highest BCUT2D eigenvalue weighted by molar-refractivity contribution is 7.84. The number of benzene rings is 2. The Morgan fingerprint density at radius 3 is 2.36 bits per heavy atom. The minimum atomic E-state index is -1.14. The van der Waals surface area contributed by atoms with Crippen molar-refractivity contribution in [2.75, 3.05) is 11.6 Å². The molecular weight excluding hydrogens is 345 g/mol. The summed E-state index contributed by atoms with van der Waals surface area (Å²) < 4.78 is 29.9. The Balaban J connectivity index is 1.98. The first-order chi connectivity index (χ1) is 11.8. The highest BCUT2D eigenvalue weighted by atomic mass is 32.2. The van der Waals surface area contributed by atoms with Crippen molar-refractivity contribution >= 4 is 28.4 Å². The highest BCUT2D eigenvalue weighted by Crippen LogP contribution is 2.15. The minimum Gasteiger partial charge on any atom is -0.449 e. The van der Waals surface area contributed by atoms with Gasteiger partial charge in [0, 0.05) is 27.6 Å². The van der Waals surface area contributed by atoms with E-state index in [9.17, 15) is 18.2 Å². The molecule has 2 rings (SSSR count). The van der Waals surface area contributed by atoms with Crippen LogP contribution in [0.4, 0.5) is 10.1 Å². The molecule has 7 heteroatoms. The monoisotopic (exact) mass is 363 g/mol. The van der Waals surface area contributed by atoms with E-state index in [0.29, 0.717) is 10.5 Å². The maximum Gasteiger partial charge on any atom is 0.338 e. The first-order valence-corrected chi connectivity index (χ1v) is 9.05. The zero-order valence-electron chi connectivity index (χ0n) is 14.0. The number of esters is 1. The first-order valence-electron chi connectivity index (χ1n) is 7.49. The van der Waals surface area contributed by atoms with Crippen LogP contribution in [0, 0.1) is 12.7 Å². The molecule has 2 unspecified atom stereocenters. The van der Waals surface area contributed by atoms with Crippen LogP contribution in [0.5, 0.6) is 0 Å². The second-order valence-electron chi connectivity index (χ2n) is 5.48. The molecule has 2 aromatic carbocycles. The molecule has 0 aliphatic carbocycles. The van der Waals surface area contributed by atoms with Crippen molar-refractivity contribution < 1.29 is 22.9 Å². The fraction of sp³-hybridized carbons (Fsp3) is 0.222. The molecule has 1 amide bonds. The van der Waals surface area contributed by atoms with Gasteiger partial charge in [-0.2, -0.15) is 0 Å². The summed E-state index contributed by atoms with van der Waals surface area (Å²) in [4.78, 5) is 24.7. The number of anilines is 1. The third-order valence-electron chi connectivity index (χ3n) is 3.51. The minimum absolute atomic E-state index is 0.246. The number of carbonyl (C=O) groups excluding carboxylic acids is 2. The maximum atomic E-state index is 13.5. The van der Waals surface area contributed by atoms with Crippen molar-refractivity contribution in [2.24, 2.45) is 0 Å². The van der Waals surface area contributed by atoms with Gasteiger partial charge in [-0.15, -0.1) is 0 Å². The molecule has 132 valence electrons. The largest absolute Gasteiger partial charge is 0.449 e. The lowest BCUT2D eigenvalue weighted by atomic mass is 10.2. The van der Waals surface area contributed by atoms with E-state index in [1.807, 2.05) is 0 Å². The average Bonchev–Trinajstić information content (AvgIpc) is 2.58. The summed E-state index contributed by atoms with van der Waals surface area (Å²) in [6, 6.07) is 10.4. The smallest absolute Gasteiger partial charge is 0.338 e. The van der Waals surface area contributed by atoms with E-state index in [1.165, 1.54) is 31.4 Å². The Labute approximate surface area is 147 Å². The van der Waals surface area contributed by atoms with Gasteiger partial charge in [-0.25, -0.2) is 9.18 Å².